The van der Waals surface area contributed by atoms with E-state index in [1.54, 1.807) is 12.3 Å². The third-order valence-electron chi connectivity index (χ3n) is 3.59. The van der Waals surface area contributed by atoms with Crippen molar-refractivity contribution in [3.63, 3.8) is 0 Å². The predicted octanol–water partition coefficient (Wildman–Crippen LogP) is 2.39. The minimum Gasteiger partial charge on any atom is -0.378 e. The summed E-state index contributed by atoms with van der Waals surface area (Å²) in [6.45, 7) is 5.28. The molecule has 0 spiro atoms. The van der Waals surface area contributed by atoms with Gasteiger partial charge in [-0.15, -0.1) is 0 Å². The lowest BCUT2D eigenvalue weighted by Gasteiger charge is -2.13. The highest BCUT2D eigenvalue weighted by atomic mass is 19.1. The van der Waals surface area contributed by atoms with Gasteiger partial charge in [-0.3, -0.25) is 4.79 Å². The molecule has 2 aromatic rings. The first-order valence-corrected chi connectivity index (χ1v) is 7.72. The number of carbonyl (C=O) groups is 1. The smallest absolute Gasteiger partial charge is 0.253 e. The van der Waals surface area contributed by atoms with Crippen LogP contribution in [0, 0.1) is 5.82 Å². The lowest BCUT2D eigenvalue weighted by molar-refractivity contribution is -0.129. The second-order valence-corrected chi connectivity index (χ2v) is 5.70. The molecule has 5 nitrogen and oxygen atoms in total. The Morgan fingerprint density at radius 1 is 1.39 bits per heavy atom. The molecule has 0 aliphatic carbocycles. The van der Waals surface area contributed by atoms with E-state index in [4.69, 9.17) is 0 Å². The van der Waals surface area contributed by atoms with E-state index in [0.29, 0.717) is 18.9 Å². The van der Waals surface area contributed by atoms with Crippen LogP contribution in [0.3, 0.4) is 0 Å². The van der Waals surface area contributed by atoms with Crippen LogP contribution in [-0.2, 0) is 11.3 Å². The molecule has 0 saturated heterocycles. The normalized spacial score (nSPS) is 12.4. The fourth-order valence-electron chi connectivity index (χ4n) is 2.41. The van der Waals surface area contributed by atoms with Crippen molar-refractivity contribution < 1.29 is 14.3 Å². The third-order valence-corrected chi connectivity index (χ3v) is 3.59. The maximum Gasteiger partial charge on any atom is 0.253 e. The van der Waals surface area contributed by atoms with Crippen molar-refractivity contribution in [3.05, 3.63) is 53.9 Å². The number of aromatic nitrogens is 2. The second kappa shape index (κ2) is 7.87. The maximum atomic E-state index is 13.5. The Bertz CT molecular complexity index is 655. The Labute approximate surface area is 135 Å². The SMILES string of the molecule is CC(C)c1nccn1CCCNC(=O)[C@H](O)c1ccccc1F. The van der Waals surface area contributed by atoms with Gasteiger partial charge in [-0.1, -0.05) is 32.0 Å². The first kappa shape index (κ1) is 17.1. The van der Waals surface area contributed by atoms with Gasteiger partial charge in [-0.05, 0) is 12.5 Å². The van der Waals surface area contributed by atoms with Crippen molar-refractivity contribution in [3.8, 4) is 0 Å². The summed E-state index contributed by atoms with van der Waals surface area (Å²) in [5, 5.41) is 12.5. The van der Waals surface area contributed by atoms with Gasteiger partial charge in [0.15, 0.2) is 6.10 Å². The van der Waals surface area contributed by atoms with E-state index >= 15 is 0 Å². The van der Waals surface area contributed by atoms with Crippen molar-refractivity contribution in [2.45, 2.75) is 38.8 Å². The van der Waals surface area contributed by atoms with Gasteiger partial charge < -0.3 is 15.0 Å². The Hall–Kier alpha value is -2.21. The molecule has 1 atom stereocenters. The summed E-state index contributed by atoms with van der Waals surface area (Å²) in [5.41, 5.74) is -0.0123. The van der Waals surface area contributed by atoms with E-state index in [9.17, 15) is 14.3 Å². The van der Waals surface area contributed by atoms with E-state index in [1.807, 2.05) is 10.8 Å². The predicted molar refractivity (Wildman–Crippen MR) is 85.3 cm³/mol. The van der Waals surface area contributed by atoms with Crippen molar-refractivity contribution >= 4 is 5.91 Å². The van der Waals surface area contributed by atoms with Gasteiger partial charge in [-0.25, -0.2) is 9.37 Å². The van der Waals surface area contributed by atoms with Crippen LogP contribution in [0.15, 0.2) is 36.7 Å². The Morgan fingerprint density at radius 2 is 2.13 bits per heavy atom. The molecule has 0 fully saturated rings. The number of nitrogens with one attached hydrogen (secondary N) is 1. The summed E-state index contributed by atoms with van der Waals surface area (Å²) in [6, 6.07) is 5.72. The molecule has 0 unspecified atom stereocenters. The first-order valence-electron chi connectivity index (χ1n) is 7.72. The zero-order valence-corrected chi connectivity index (χ0v) is 13.4. The highest BCUT2D eigenvalue weighted by molar-refractivity contribution is 5.81. The van der Waals surface area contributed by atoms with E-state index < -0.39 is 17.8 Å². The van der Waals surface area contributed by atoms with Gasteiger partial charge in [0.05, 0.1) is 0 Å². The molecule has 6 heteroatoms. The zero-order valence-electron chi connectivity index (χ0n) is 13.4. The maximum absolute atomic E-state index is 13.5. The Kier molecular flexibility index (Phi) is 5.87. The number of aliphatic hydroxyl groups is 1. The molecule has 0 aliphatic heterocycles. The number of hydrogen-bond acceptors (Lipinski definition) is 3. The molecule has 1 aromatic heterocycles. The van der Waals surface area contributed by atoms with E-state index in [-0.39, 0.29) is 5.56 Å². The molecule has 23 heavy (non-hydrogen) atoms. The largest absolute Gasteiger partial charge is 0.378 e. The highest BCUT2D eigenvalue weighted by Crippen LogP contribution is 2.16. The zero-order chi connectivity index (χ0) is 16.8. The molecule has 2 N–H and O–H groups in total. The van der Waals surface area contributed by atoms with Crippen LogP contribution in [0.4, 0.5) is 4.39 Å². The molecule has 0 bridgehead atoms. The average molecular weight is 319 g/mol. The first-order chi connectivity index (χ1) is 11.0. The van der Waals surface area contributed by atoms with Crippen molar-refractivity contribution in [2.75, 3.05) is 6.54 Å². The molecular formula is C17H22FN3O2. The number of hydrogen-bond donors (Lipinski definition) is 2. The highest BCUT2D eigenvalue weighted by Gasteiger charge is 2.19. The monoisotopic (exact) mass is 319 g/mol. The van der Waals surface area contributed by atoms with Crippen LogP contribution in [-0.4, -0.2) is 27.1 Å². The van der Waals surface area contributed by atoms with Crippen molar-refractivity contribution in [2.24, 2.45) is 0 Å². The van der Waals surface area contributed by atoms with Crippen molar-refractivity contribution in [1.82, 2.24) is 14.9 Å². The van der Waals surface area contributed by atoms with Crippen LogP contribution in [0.5, 0.6) is 0 Å². The molecule has 2 rings (SSSR count). The fraction of sp³-hybridized carbons (Fsp3) is 0.412. The van der Waals surface area contributed by atoms with E-state index in [2.05, 4.69) is 24.1 Å². The summed E-state index contributed by atoms with van der Waals surface area (Å²) in [5.74, 6) is 0.158. The lowest BCUT2D eigenvalue weighted by atomic mass is 10.1. The summed E-state index contributed by atoms with van der Waals surface area (Å²) in [7, 11) is 0. The minimum atomic E-state index is -1.49. The molecule has 0 radical (unpaired) electrons. The van der Waals surface area contributed by atoms with Crippen molar-refractivity contribution in [1.29, 1.82) is 0 Å². The number of amides is 1. The summed E-state index contributed by atoms with van der Waals surface area (Å²) >= 11 is 0. The average Bonchev–Trinajstić information content (AvgIpc) is 3.00. The summed E-state index contributed by atoms with van der Waals surface area (Å²) < 4.78 is 15.6. The van der Waals surface area contributed by atoms with Crippen LogP contribution < -0.4 is 5.32 Å². The number of halogens is 1. The Balaban J connectivity index is 1.81. The summed E-state index contributed by atoms with van der Waals surface area (Å²) in [4.78, 5) is 16.2. The van der Waals surface area contributed by atoms with Gasteiger partial charge in [0.1, 0.15) is 11.6 Å². The van der Waals surface area contributed by atoms with Gasteiger partial charge in [-0.2, -0.15) is 0 Å². The fourth-order valence-corrected chi connectivity index (χ4v) is 2.41. The van der Waals surface area contributed by atoms with Crippen LogP contribution in [0.2, 0.25) is 0 Å². The topological polar surface area (TPSA) is 67.2 Å². The summed E-state index contributed by atoms with van der Waals surface area (Å²) in [6.07, 6.45) is 2.88. The minimum absolute atomic E-state index is 0.0123. The van der Waals surface area contributed by atoms with Crippen LogP contribution >= 0.6 is 0 Å². The molecule has 0 aliphatic rings. The third kappa shape index (κ3) is 4.39. The standard InChI is InChI=1S/C17H22FN3O2/c1-12(2)16-19-9-11-21(16)10-5-8-20-17(23)15(22)13-6-3-4-7-14(13)18/h3-4,6-7,9,11-12,15,22H,5,8,10H2,1-2H3,(H,20,23)/t15-/m1/s1. The second-order valence-electron chi connectivity index (χ2n) is 5.70. The number of aliphatic hydroxyl groups excluding tert-OH is 1. The molecule has 1 aromatic carbocycles. The number of imidazole rings is 1. The number of nitrogens with zero attached hydrogens (tertiary/aromatic N) is 2. The van der Waals surface area contributed by atoms with Gasteiger partial charge in [0.25, 0.3) is 5.91 Å². The van der Waals surface area contributed by atoms with E-state index in [1.165, 1.54) is 18.2 Å². The molecule has 0 saturated carbocycles. The number of benzene rings is 1. The van der Waals surface area contributed by atoms with Crippen LogP contribution in [0.1, 0.15) is 43.7 Å². The van der Waals surface area contributed by atoms with Gasteiger partial charge >= 0.3 is 0 Å². The van der Waals surface area contributed by atoms with Gasteiger partial charge in [0.2, 0.25) is 0 Å². The number of aryl methyl sites for hydroxylation is 1. The number of carbonyl (C=O) groups excluding carboxylic acids is 1. The van der Waals surface area contributed by atoms with E-state index in [0.717, 1.165) is 12.4 Å². The quantitative estimate of drug-likeness (QED) is 0.770. The van der Waals surface area contributed by atoms with Gasteiger partial charge in [0, 0.05) is 37.0 Å². The lowest BCUT2D eigenvalue weighted by Crippen LogP contribution is -2.31. The molecule has 1 heterocycles. The molecular weight excluding hydrogens is 297 g/mol. The number of rotatable bonds is 7. The van der Waals surface area contributed by atoms with Crippen LogP contribution in [0.25, 0.3) is 0 Å². The Morgan fingerprint density at radius 3 is 2.83 bits per heavy atom. The molecule has 124 valence electrons. The molecule has 1 amide bonds.